The number of ether oxygens (including phenoxy) is 1. The zero-order chi connectivity index (χ0) is 8.93. The van der Waals surface area contributed by atoms with E-state index in [1.54, 1.807) is 0 Å². The quantitative estimate of drug-likeness (QED) is 0.683. The van der Waals surface area contributed by atoms with Crippen molar-refractivity contribution in [2.24, 2.45) is 5.92 Å². The lowest BCUT2D eigenvalue weighted by atomic mass is 9.86. The van der Waals surface area contributed by atoms with Gasteiger partial charge in [0, 0.05) is 6.61 Å². The molecule has 1 aliphatic rings. The average molecular weight is 175 g/mol. The summed E-state index contributed by atoms with van der Waals surface area (Å²) in [5.41, 5.74) is 1.25. The van der Waals surface area contributed by atoms with E-state index in [9.17, 15) is 0 Å². The summed E-state index contributed by atoms with van der Waals surface area (Å²) in [4.78, 5) is 0. The van der Waals surface area contributed by atoms with E-state index in [1.165, 1.54) is 24.8 Å². The second-order valence-corrected chi connectivity index (χ2v) is 3.72. The van der Waals surface area contributed by atoms with Crippen molar-refractivity contribution in [3.8, 4) is 0 Å². The Labute approximate surface area is 79.7 Å². The fourth-order valence-corrected chi connectivity index (χ4v) is 1.52. The van der Waals surface area contributed by atoms with Crippen molar-refractivity contribution < 1.29 is 4.74 Å². The third-order valence-corrected chi connectivity index (χ3v) is 2.63. The molecule has 1 nitrogen and oxygen atoms in total. The molecule has 1 aliphatic carbocycles. The maximum atomic E-state index is 5.61. The van der Waals surface area contributed by atoms with Crippen LogP contribution in [0.15, 0.2) is 24.3 Å². The Morgan fingerprint density at radius 1 is 1.31 bits per heavy atom. The van der Waals surface area contributed by atoms with Crippen LogP contribution >= 0.6 is 0 Å². The van der Waals surface area contributed by atoms with Crippen molar-refractivity contribution in [3.05, 3.63) is 35.9 Å². The number of rotatable bonds is 4. The molecule has 0 atom stereocenters. The summed E-state index contributed by atoms with van der Waals surface area (Å²) in [6.07, 6.45) is 4.12. The normalized spacial score (nSPS) is 16.9. The molecule has 1 aromatic rings. The standard InChI is InChI=1S/C12H15O/c1-2-5-11(6-3-1)9-13-10-12-7-4-8-12/h2-3,5-6,12H,4,7-10H2. The van der Waals surface area contributed by atoms with Crippen molar-refractivity contribution in [3.63, 3.8) is 0 Å². The highest BCUT2D eigenvalue weighted by atomic mass is 16.5. The molecule has 1 heteroatoms. The largest absolute Gasteiger partial charge is 0.376 e. The van der Waals surface area contributed by atoms with Crippen molar-refractivity contribution >= 4 is 0 Å². The Morgan fingerprint density at radius 3 is 2.69 bits per heavy atom. The first-order valence-corrected chi connectivity index (χ1v) is 4.98. The molecule has 0 aromatic heterocycles. The number of hydrogen-bond donors (Lipinski definition) is 0. The minimum Gasteiger partial charge on any atom is -0.376 e. The van der Waals surface area contributed by atoms with Gasteiger partial charge < -0.3 is 4.74 Å². The SMILES string of the molecule is [c]1ccc(COCC2CCC2)cc1. The van der Waals surface area contributed by atoms with E-state index in [-0.39, 0.29) is 0 Å². The molecule has 0 spiro atoms. The highest BCUT2D eigenvalue weighted by Gasteiger charge is 2.16. The molecule has 1 radical (unpaired) electrons. The highest BCUT2D eigenvalue weighted by Crippen LogP contribution is 2.26. The van der Waals surface area contributed by atoms with Crippen molar-refractivity contribution in [2.45, 2.75) is 25.9 Å². The Morgan fingerprint density at radius 2 is 2.08 bits per heavy atom. The summed E-state index contributed by atoms with van der Waals surface area (Å²) in [5, 5.41) is 0. The van der Waals surface area contributed by atoms with Crippen LogP contribution < -0.4 is 0 Å². The lowest BCUT2D eigenvalue weighted by molar-refractivity contribution is 0.0596. The van der Waals surface area contributed by atoms with Gasteiger partial charge in [0.2, 0.25) is 0 Å². The first kappa shape index (κ1) is 8.76. The smallest absolute Gasteiger partial charge is 0.0717 e. The van der Waals surface area contributed by atoms with E-state index in [2.05, 4.69) is 18.2 Å². The fourth-order valence-electron chi connectivity index (χ4n) is 1.52. The van der Waals surface area contributed by atoms with E-state index in [0.29, 0.717) is 0 Å². The van der Waals surface area contributed by atoms with E-state index in [1.807, 2.05) is 12.1 Å². The van der Waals surface area contributed by atoms with Crippen LogP contribution in [-0.4, -0.2) is 6.61 Å². The molecule has 0 unspecified atom stereocenters. The van der Waals surface area contributed by atoms with E-state index < -0.39 is 0 Å². The van der Waals surface area contributed by atoms with Gasteiger partial charge in [-0.05, 0) is 30.4 Å². The van der Waals surface area contributed by atoms with Crippen LogP contribution in [0.1, 0.15) is 24.8 Å². The lowest BCUT2D eigenvalue weighted by Gasteiger charge is -2.24. The third kappa shape index (κ3) is 2.56. The van der Waals surface area contributed by atoms with E-state index in [4.69, 9.17) is 4.74 Å². The summed E-state index contributed by atoms with van der Waals surface area (Å²) in [7, 11) is 0. The molecule has 0 amide bonds. The Hall–Kier alpha value is -0.820. The second kappa shape index (κ2) is 4.43. The molecule has 2 rings (SSSR count). The molecular formula is C12H15O. The lowest BCUT2D eigenvalue weighted by Crippen LogP contribution is -2.17. The fraction of sp³-hybridized carbons (Fsp3) is 0.500. The number of benzene rings is 1. The topological polar surface area (TPSA) is 9.23 Å². The monoisotopic (exact) mass is 175 g/mol. The average Bonchev–Trinajstić information content (AvgIpc) is 2.11. The van der Waals surface area contributed by atoms with Gasteiger partial charge in [0.25, 0.3) is 0 Å². The molecule has 13 heavy (non-hydrogen) atoms. The van der Waals surface area contributed by atoms with Gasteiger partial charge in [-0.3, -0.25) is 0 Å². The van der Waals surface area contributed by atoms with Crippen LogP contribution in [0, 0.1) is 12.0 Å². The van der Waals surface area contributed by atoms with Crippen LogP contribution in [0.4, 0.5) is 0 Å². The zero-order valence-electron chi connectivity index (χ0n) is 7.83. The molecule has 1 fully saturated rings. The highest BCUT2D eigenvalue weighted by molar-refractivity contribution is 5.12. The predicted octanol–water partition coefficient (Wildman–Crippen LogP) is 2.80. The van der Waals surface area contributed by atoms with E-state index >= 15 is 0 Å². The molecular weight excluding hydrogens is 160 g/mol. The molecule has 0 heterocycles. The first-order chi connectivity index (χ1) is 6.45. The van der Waals surface area contributed by atoms with Gasteiger partial charge in [0.05, 0.1) is 6.61 Å². The molecule has 1 aromatic carbocycles. The van der Waals surface area contributed by atoms with Crippen LogP contribution in [0.5, 0.6) is 0 Å². The van der Waals surface area contributed by atoms with Gasteiger partial charge in [-0.25, -0.2) is 0 Å². The molecule has 1 saturated carbocycles. The maximum absolute atomic E-state index is 5.61. The minimum atomic E-state index is 0.755. The predicted molar refractivity (Wildman–Crippen MR) is 52.3 cm³/mol. The summed E-state index contributed by atoms with van der Waals surface area (Å²) >= 11 is 0. The molecule has 0 aliphatic heterocycles. The molecule has 69 valence electrons. The van der Waals surface area contributed by atoms with Gasteiger partial charge in [-0.1, -0.05) is 30.7 Å². The van der Waals surface area contributed by atoms with Gasteiger partial charge in [-0.15, -0.1) is 0 Å². The molecule has 0 saturated heterocycles. The van der Waals surface area contributed by atoms with Crippen LogP contribution in [0.2, 0.25) is 0 Å². The van der Waals surface area contributed by atoms with Crippen molar-refractivity contribution in [1.29, 1.82) is 0 Å². The first-order valence-electron chi connectivity index (χ1n) is 4.98. The second-order valence-electron chi connectivity index (χ2n) is 3.72. The van der Waals surface area contributed by atoms with Gasteiger partial charge in [0.1, 0.15) is 0 Å². The van der Waals surface area contributed by atoms with Crippen LogP contribution in [0.25, 0.3) is 0 Å². The van der Waals surface area contributed by atoms with Crippen LogP contribution in [-0.2, 0) is 11.3 Å². The maximum Gasteiger partial charge on any atom is 0.0717 e. The van der Waals surface area contributed by atoms with Gasteiger partial charge in [-0.2, -0.15) is 0 Å². The van der Waals surface area contributed by atoms with Crippen molar-refractivity contribution in [2.75, 3.05) is 6.61 Å². The summed E-state index contributed by atoms with van der Waals surface area (Å²) in [5.74, 6) is 0.843. The van der Waals surface area contributed by atoms with Gasteiger partial charge >= 0.3 is 0 Å². The molecule has 0 N–H and O–H groups in total. The number of hydrogen-bond acceptors (Lipinski definition) is 1. The Kier molecular flexibility index (Phi) is 2.98. The summed E-state index contributed by atoms with van der Waals surface area (Å²) in [6.45, 7) is 1.70. The Balaban J connectivity index is 1.67. The zero-order valence-corrected chi connectivity index (χ0v) is 7.83. The van der Waals surface area contributed by atoms with E-state index in [0.717, 1.165) is 19.1 Å². The third-order valence-electron chi connectivity index (χ3n) is 2.63. The van der Waals surface area contributed by atoms with Crippen molar-refractivity contribution in [1.82, 2.24) is 0 Å². The van der Waals surface area contributed by atoms with Crippen LogP contribution in [0.3, 0.4) is 0 Å². The Bertz CT molecular complexity index is 239. The summed E-state index contributed by atoms with van der Waals surface area (Å²) < 4.78 is 5.61. The van der Waals surface area contributed by atoms with Gasteiger partial charge in [0.15, 0.2) is 0 Å². The summed E-state index contributed by atoms with van der Waals surface area (Å²) in [6, 6.07) is 11.0. The minimum absolute atomic E-state index is 0.755. The molecule has 0 bridgehead atoms.